The summed E-state index contributed by atoms with van der Waals surface area (Å²) in [5.41, 5.74) is 2.14. The van der Waals surface area contributed by atoms with E-state index in [0.717, 1.165) is 24.3 Å². The summed E-state index contributed by atoms with van der Waals surface area (Å²) in [6, 6.07) is 6.10. The largest absolute Gasteiger partial charge is 0.492 e. The summed E-state index contributed by atoms with van der Waals surface area (Å²) >= 11 is 5.63. The lowest BCUT2D eigenvalue weighted by Gasteiger charge is -2.11. The number of halogens is 1. The molecular formula is C16H22ClNO. The molecule has 0 amide bonds. The predicted octanol–water partition coefficient (Wildman–Crippen LogP) is 3.31. The van der Waals surface area contributed by atoms with E-state index in [2.05, 4.69) is 43.8 Å². The minimum Gasteiger partial charge on any atom is -0.492 e. The second-order valence-corrected chi connectivity index (χ2v) is 5.12. The molecule has 1 aromatic rings. The van der Waals surface area contributed by atoms with Gasteiger partial charge in [-0.3, -0.25) is 0 Å². The molecule has 2 nitrogen and oxygen atoms in total. The van der Waals surface area contributed by atoms with Crippen molar-refractivity contribution in [1.29, 1.82) is 0 Å². The molecule has 0 saturated carbocycles. The van der Waals surface area contributed by atoms with Crippen LogP contribution in [0.25, 0.3) is 0 Å². The van der Waals surface area contributed by atoms with E-state index in [4.69, 9.17) is 16.3 Å². The molecule has 0 heterocycles. The summed E-state index contributed by atoms with van der Waals surface area (Å²) < 4.78 is 5.81. The van der Waals surface area contributed by atoms with Crippen LogP contribution in [-0.4, -0.2) is 38.0 Å². The fourth-order valence-electron chi connectivity index (χ4n) is 1.64. The van der Waals surface area contributed by atoms with E-state index < -0.39 is 0 Å². The van der Waals surface area contributed by atoms with Crippen LogP contribution in [0.4, 0.5) is 0 Å². The van der Waals surface area contributed by atoms with Crippen molar-refractivity contribution >= 4 is 11.6 Å². The minimum atomic E-state index is 0.567. The Kier molecular flexibility index (Phi) is 7.40. The van der Waals surface area contributed by atoms with E-state index >= 15 is 0 Å². The molecule has 104 valence electrons. The van der Waals surface area contributed by atoms with Crippen molar-refractivity contribution in [2.75, 3.05) is 33.1 Å². The Bertz CT molecular complexity index is 446. The van der Waals surface area contributed by atoms with Crippen molar-refractivity contribution in [2.24, 2.45) is 0 Å². The second kappa shape index (κ2) is 8.85. The second-order valence-electron chi connectivity index (χ2n) is 4.75. The van der Waals surface area contributed by atoms with Gasteiger partial charge in [0.05, 0.1) is 12.2 Å². The van der Waals surface area contributed by atoms with Crippen LogP contribution in [0.15, 0.2) is 18.2 Å². The molecule has 0 aliphatic rings. The number of alkyl halides is 1. The fourth-order valence-corrected chi connectivity index (χ4v) is 1.73. The Morgan fingerprint density at radius 2 is 2.11 bits per heavy atom. The molecule has 0 radical (unpaired) electrons. The summed E-state index contributed by atoms with van der Waals surface area (Å²) in [4.78, 5) is 2.15. The lowest BCUT2D eigenvalue weighted by molar-refractivity contribution is 0.281. The third-order valence-corrected chi connectivity index (χ3v) is 2.77. The maximum Gasteiger partial charge on any atom is 0.134 e. The molecular weight excluding hydrogens is 258 g/mol. The monoisotopic (exact) mass is 279 g/mol. The molecule has 1 aromatic carbocycles. The number of nitrogens with zero attached hydrogens (tertiary/aromatic N) is 1. The van der Waals surface area contributed by atoms with Gasteiger partial charge in [-0.15, -0.1) is 11.6 Å². The average molecular weight is 280 g/mol. The maximum absolute atomic E-state index is 5.81. The van der Waals surface area contributed by atoms with Crippen LogP contribution in [0.2, 0.25) is 0 Å². The van der Waals surface area contributed by atoms with E-state index in [1.54, 1.807) is 0 Å². The first-order valence-electron chi connectivity index (χ1n) is 6.56. The molecule has 0 atom stereocenters. The quantitative estimate of drug-likeness (QED) is 0.450. The molecule has 0 aromatic heterocycles. The van der Waals surface area contributed by atoms with Gasteiger partial charge in [0.1, 0.15) is 5.75 Å². The van der Waals surface area contributed by atoms with Crippen LogP contribution in [0.5, 0.6) is 5.75 Å². The SMILES string of the molecule is Cc1ccc(OCCCN(C)C)c(C#CCCCl)c1. The van der Waals surface area contributed by atoms with Crippen molar-refractivity contribution in [1.82, 2.24) is 4.90 Å². The van der Waals surface area contributed by atoms with Gasteiger partial charge in [-0.2, -0.15) is 0 Å². The van der Waals surface area contributed by atoms with Crippen LogP contribution in [0.3, 0.4) is 0 Å². The summed E-state index contributed by atoms with van der Waals surface area (Å²) in [6.07, 6.45) is 1.71. The number of aryl methyl sites for hydroxylation is 1. The van der Waals surface area contributed by atoms with Crippen LogP contribution in [0.1, 0.15) is 24.0 Å². The van der Waals surface area contributed by atoms with Gasteiger partial charge >= 0.3 is 0 Å². The third-order valence-electron chi connectivity index (χ3n) is 2.58. The van der Waals surface area contributed by atoms with Crippen LogP contribution >= 0.6 is 11.6 Å². The van der Waals surface area contributed by atoms with Gasteiger partial charge in [0.15, 0.2) is 0 Å². The topological polar surface area (TPSA) is 12.5 Å². The molecule has 0 unspecified atom stereocenters. The van der Waals surface area contributed by atoms with Gasteiger partial charge in [-0.1, -0.05) is 17.9 Å². The molecule has 0 N–H and O–H groups in total. The van der Waals surface area contributed by atoms with Crippen molar-refractivity contribution in [3.8, 4) is 17.6 Å². The summed E-state index contributed by atoms with van der Waals surface area (Å²) in [6.45, 7) is 3.80. The summed E-state index contributed by atoms with van der Waals surface area (Å²) in [5, 5.41) is 0. The first-order valence-corrected chi connectivity index (χ1v) is 7.10. The zero-order valence-electron chi connectivity index (χ0n) is 12.0. The molecule has 19 heavy (non-hydrogen) atoms. The number of hydrogen-bond acceptors (Lipinski definition) is 2. The van der Waals surface area contributed by atoms with Crippen molar-refractivity contribution in [2.45, 2.75) is 19.8 Å². The summed E-state index contributed by atoms with van der Waals surface area (Å²) in [7, 11) is 4.13. The van der Waals surface area contributed by atoms with E-state index in [1.165, 1.54) is 5.56 Å². The fraction of sp³-hybridized carbons (Fsp3) is 0.500. The molecule has 0 aliphatic heterocycles. The number of ether oxygens (including phenoxy) is 1. The Labute approximate surface area is 121 Å². The average Bonchev–Trinajstić information content (AvgIpc) is 2.36. The van der Waals surface area contributed by atoms with Crippen molar-refractivity contribution in [3.63, 3.8) is 0 Å². The zero-order valence-corrected chi connectivity index (χ0v) is 12.8. The number of hydrogen-bond donors (Lipinski definition) is 0. The number of rotatable bonds is 6. The molecule has 1 rings (SSSR count). The van der Waals surface area contributed by atoms with Crippen LogP contribution in [-0.2, 0) is 0 Å². The highest BCUT2D eigenvalue weighted by molar-refractivity contribution is 6.18. The van der Waals surface area contributed by atoms with E-state index in [9.17, 15) is 0 Å². The van der Waals surface area contributed by atoms with Crippen LogP contribution < -0.4 is 4.74 Å². The van der Waals surface area contributed by atoms with Gasteiger partial charge in [0.25, 0.3) is 0 Å². The standard InChI is InChI=1S/C16H22ClNO/c1-14-8-9-16(19-12-6-11-18(2)3)15(13-14)7-4-5-10-17/h8-9,13H,5-6,10-12H2,1-3H3. The van der Waals surface area contributed by atoms with Crippen molar-refractivity contribution in [3.05, 3.63) is 29.3 Å². The Morgan fingerprint density at radius 1 is 1.32 bits per heavy atom. The first kappa shape index (κ1) is 15.9. The molecule has 0 saturated heterocycles. The van der Waals surface area contributed by atoms with Gasteiger partial charge in [-0.05, 0) is 45.1 Å². The highest BCUT2D eigenvalue weighted by atomic mass is 35.5. The maximum atomic E-state index is 5.81. The minimum absolute atomic E-state index is 0.567. The lowest BCUT2D eigenvalue weighted by Crippen LogP contribution is -2.15. The van der Waals surface area contributed by atoms with E-state index in [-0.39, 0.29) is 0 Å². The zero-order chi connectivity index (χ0) is 14.1. The van der Waals surface area contributed by atoms with Crippen molar-refractivity contribution < 1.29 is 4.74 Å². The number of benzene rings is 1. The molecule has 0 fully saturated rings. The molecule has 0 aliphatic carbocycles. The highest BCUT2D eigenvalue weighted by Crippen LogP contribution is 2.19. The van der Waals surface area contributed by atoms with E-state index in [0.29, 0.717) is 18.9 Å². The molecule has 0 spiro atoms. The summed E-state index contributed by atoms with van der Waals surface area (Å²) in [5.74, 6) is 7.63. The highest BCUT2D eigenvalue weighted by Gasteiger charge is 2.02. The third kappa shape index (κ3) is 6.52. The first-order chi connectivity index (χ1) is 9.13. The lowest BCUT2D eigenvalue weighted by atomic mass is 10.1. The normalized spacial score (nSPS) is 10.2. The van der Waals surface area contributed by atoms with Gasteiger partial charge in [0, 0.05) is 18.8 Å². The Hall–Kier alpha value is -1.17. The Balaban J connectivity index is 2.64. The van der Waals surface area contributed by atoms with Crippen LogP contribution in [0, 0.1) is 18.8 Å². The predicted molar refractivity (Wildman–Crippen MR) is 82.1 cm³/mol. The molecule has 3 heteroatoms. The van der Waals surface area contributed by atoms with Gasteiger partial charge in [-0.25, -0.2) is 0 Å². The van der Waals surface area contributed by atoms with Gasteiger partial charge < -0.3 is 9.64 Å². The Morgan fingerprint density at radius 3 is 2.79 bits per heavy atom. The smallest absolute Gasteiger partial charge is 0.134 e. The van der Waals surface area contributed by atoms with E-state index in [1.807, 2.05) is 12.1 Å². The molecule has 0 bridgehead atoms. The van der Waals surface area contributed by atoms with Gasteiger partial charge in [0.2, 0.25) is 0 Å².